The SMILES string of the molecule is CCc1cccc(NC(=O)COc2ccccc2Cc2ccccc2)c1. The third-order valence-electron chi connectivity index (χ3n) is 4.19. The molecule has 0 saturated heterocycles. The van der Waals surface area contributed by atoms with Crippen LogP contribution in [0, 0.1) is 0 Å². The van der Waals surface area contributed by atoms with Crippen LogP contribution in [0.15, 0.2) is 78.9 Å². The standard InChI is InChI=1S/C23H23NO2/c1-2-18-11-8-13-21(16-18)24-23(25)17-26-22-14-7-6-12-20(22)15-19-9-4-3-5-10-19/h3-14,16H,2,15,17H2,1H3,(H,24,25). The molecule has 3 heteroatoms. The minimum atomic E-state index is -0.159. The minimum Gasteiger partial charge on any atom is -0.483 e. The topological polar surface area (TPSA) is 38.3 Å². The zero-order chi connectivity index (χ0) is 18.2. The quantitative estimate of drug-likeness (QED) is 0.664. The molecule has 3 aromatic rings. The van der Waals surface area contributed by atoms with Gasteiger partial charge in [-0.3, -0.25) is 4.79 Å². The van der Waals surface area contributed by atoms with E-state index in [1.807, 2.05) is 66.7 Å². The van der Waals surface area contributed by atoms with Crippen LogP contribution in [0.5, 0.6) is 5.75 Å². The van der Waals surface area contributed by atoms with Crippen LogP contribution in [0.2, 0.25) is 0 Å². The molecule has 0 aromatic heterocycles. The third-order valence-corrected chi connectivity index (χ3v) is 4.19. The molecule has 0 bridgehead atoms. The Labute approximate surface area is 154 Å². The van der Waals surface area contributed by atoms with E-state index in [4.69, 9.17) is 4.74 Å². The zero-order valence-electron chi connectivity index (χ0n) is 14.9. The van der Waals surface area contributed by atoms with Gasteiger partial charge < -0.3 is 10.1 Å². The molecular formula is C23H23NO2. The van der Waals surface area contributed by atoms with Crippen LogP contribution >= 0.6 is 0 Å². The average Bonchev–Trinajstić information content (AvgIpc) is 2.68. The van der Waals surface area contributed by atoms with Gasteiger partial charge in [0.05, 0.1) is 0 Å². The first kappa shape index (κ1) is 17.7. The molecule has 0 aliphatic rings. The first-order chi connectivity index (χ1) is 12.7. The minimum absolute atomic E-state index is 0.0118. The van der Waals surface area contributed by atoms with E-state index >= 15 is 0 Å². The normalized spacial score (nSPS) is 10.3. The van der Waals surface area contributed by atoms with E-state index in [-0.39, 0.29) is 12.5 Å². The molecule has 0 fully saturated rings. The molecule has 0 atom stereocenters. The zero-order valence-corrected chi connectivity index (χ0v) is 14.9. The van der Waals surface area contributed by atoms with Crippen molar-refractivity contribution in [3.8, 4) is 5.75 Å². The Hall–Kier alpha value is -3.07. The van der Waals surface area contributed by atoms with Gasteiger partial charge in [-0.1, -0.05) is 67.6 Å². The summed E-state index contributed by atoms with van der Waals surface area (Å²) < 4.78 is 5.79. The Bertz CT molecular complexity index is 859. The fourth-order valence-electron chi connectivity index (χ4n) is 2.82. The van der Waals surface area contributed by atoms with Gasteiger partial charge in [-0.05, 0) is 41.3 Å². The summed E-state index contributed by atoms with van der Waals surface area (Å²) in [6, 6.07) is 26.0. The van der Waals surface area contributed by atoms with Crippen LogP contribution in [0.25, 0.3) is 0 Å². The number of carbonyl (C=O) groups excluding carboxylic acids is 1. The van der Waals surface area contributed by atoms with Crippen LogP contribution in [0.3, 0.4) is 0 Å². The van der Waals surface area contributed by atoms with E-state index in [0.29, 0.717) is 0 Å². The maximum atomic E-state index is 12.2. The molecular weight excluding hydrogens is 322 g/mol. The smallest absolute Gasteiger partial charge is 0.262 e. The molecule has 132 valence electrons. The highest BCUT2D eigenvalue weighted by Crippen LogP contribution is 2.21. The van der Waals surface area contributed by atoms with Gasteiger partial charge in [0.15, 0.2) is 6.61 Å². The summed E-state index contributed by atoms with van der Waals surface area (Å²) in [5.74, 6) is 0.585. The highest BCUT2D eigenvalue weighted by molar-refractivity contribution is 5.91. The van der Waals surface area contributed by atoms with Gasteiger partial charge in [0, 0.05) is 12.1 Å². The number of amides is 1. The summed E-state index contributed by atoms with van der Waals surface area (Å²) >= 11 is 0. The first-order valence-corrected chi connectivity index (χ1v) is 8.88. The summed E-state index contributed by atoms with van der Waals surface area (Å²) in [4.78, 5) is 12.2. The number of benzene rings is 3. The molecule has 0 radical (unpaired) electrons. The second kappa shape index (κ2) is 8.86. The lowest BCUT2D eigenvalue weighted by Gasteiger charge is -2.12. The molecule has 0 aliphatic heterocycles. The molecule has 0 heterocycles. The second-order valence-corrected chi connectivity index (χ2v) is 6.16. The first-order valence-electron chi connectivity index (χ1n) is 8.88. The summed E-state index contributed by atoms with van der Waals surface area (Å²) in [7, 11) is 0. The maximum Gasteiger partial charge on any atom is 0.262 e. The van der Waals surface area contributed by atoms with Crippen molar-refractivity contribution in [1.29, 1.82) is 0 Å². The number of aryl methyl sites for hydroxylation is 1. The fourth-order valence-corrected chi connectivity index (χ4v) is 2.82. The van der Waals surface area contributed by atoms with Crippen LogP contribution in [-0.2, 0) is 17.6 Å². The summed E-state index contributed by atoms with van der Waals surface area (Å²) in [6.45, 7) is 2.08. The predicted octanol–water partition coefficient (Wildman–Crippen LogP) is 4.86. The monoisotopic (exact) mass is 345 g/mol. The van der Waals surface area contributed by atoms with E-state index in [1.165, 1.54) is 11.1 Å². The van der Waals surface area contributed by atoms with Crippen LogP contribution in [0.4, 0.5) is 5.69 Å². The average molecular weight is 345 g/mol. The van der Waals surface area contributed by atoms with Gasteiger partial charge in [0.25, 0.3) is 5.91 Å². The van der Waals surface area contributed by atoms with Crippen molar-refractivity contribution < 1.29 is 9.53 Å². The van der Waals surface area contributed by atoms with E-state index in [0.717, 1.165) is 29.8 Å². The van der Waals surface area contributed by atoms with Gasteiger partial charge in [0.2, 0.25) is 0 Å². The summed E-state index contributed by atoms with van der Waals surface area (Å²) in [6.07, 6.45) is 1.71. The van der Waals surface area contributed by atoms with E-state index in [9.17, 15) is 4.79 Å². The summed E-state index contributed by atoms with van der Waals surface area (Å²) in [5, 5.41) is 2.89. The van der Waals surface area contributed by atoms with Gasteiger partial charge in [-0.15, -0.1) is 0 Å². The molecule has 0 unspecified atom stereocenters. The van der Waals surface area contributed by atoms with Crippen molar-refractivity contribution in [2.24, 2.45) is 0 Å². The fraction of sp³-hybridized carbons (Fsp3) is 0.174. The Morgan fingerprint density at radius 1 is 0.885 bits per heavy atom. The van der Waals surface area contributed by atoms with Crippen LogP contribution < -0.4 is 10.1 Å². The van der Waals surface area contributed by atoms with E-state index in [1.54, 1.807) is 0 Å². The van der Waals surface area contributed by atoms with Crippen molar-refractivity contribution in [2.75, 3.05) is 11.9 Å². The van der Waals surface area contributed by atoms with Crippen molar-refractivity contribution in [1.82, 2.24) is 0 Å². The Morgan fingerprint density at radius 2 is 1.62 bits per heavy atom. The lowest BCUT2D eigenvalue weighted by molar-refractivity contribution is -0.118. The Morgan fingerprint density at radius 3 is 2.42 bits per heavy atom. The number of ether oxygens (including phenoxy) is 1. The number of hydrogen-bond acceptors (Lipinski definition) is 2. The molecule has 0 aliphatic carbocycles. The van der Waals surface area contributed by atoms with Gasteiger partial charge in [0.1, 0.15) is 5.75 Å². The van der Waals surface area contributed by atoms with E-state index < -0.39 is 0 Å². The molecule has 3 aromatic carbocycles. The number of hydrogen-bond donors (Lipinski definition) is 1. The molecule has 0 saturated carbocycles. The summed E-state index contributed by atoms with van der Waals surface area (Å²) in [5.41, 5.74) is 4.27. The number of nitrogens with one attached hydrogen (secondary N) is 1. The lowest BCUT2D eigenvalue weighted by atomic mass is 10.0. The number of para-hydroxylation sites is 1. The number of carbonyl (C=O) groups is 1. The highest BCUT2D eigenvalue weighted by atomic mass is 16.5. The Kier molecular flexibility index (Phi) is 6.05. The van der Waals surface area contributed by atoms with Crippen molar-refractivity contribution in [3.63, 3.8) is 0 Å². The lowest BCUT2D eigenvalue weighted by Crippen LogP contribution is -2.20. The van der Waals surface area contributed by atoms with Crippen LogP contribution in [0.1, 0.15) is 23.6 Å². The molecule has 3 nitrogen and oxygen atoms in total. The van der Waals surface area contributed by atoms with Crippen LogP contribution in [-0.4, -0.2) is 12.5 Å². The van der Waals surface area contributed by atoms with E-state index in [2.05, 4.69) is 24.4 Å². The molecule has 1 amide bonds. The molecule has 26 heavy (non-hydrogen) atoms. The maximum absolute atomic E-state index is 12.2. The largest absolute Gasteiger partial charge is 0.483 e. The number of anilines is 1. The van der Waals surface area contributed by atoms with Crippen molar-refractivity contribution >= 4 is 11.6 Å². The molecule has 3 rings (SSSR count). The molecule has 1 N–H and O–H groups in total. The van der Waals surface area contributed by atoms with Gasteiger partial charge in [-0.2, -0.15) is 0 Å². The van der Waals surface area contributed by atoms with Crippen molar-refractivity contribution in [3.05, 3.63) is 95.6 Å². The Balaban J connectivity index is 1.61. The number of rotatable bonds is 7. The highest BCUT2D eigenvalue weighted by Gasteiger charge is 2.08. The molecule has 0 spiro atoms. The van der Waals surface area contributed by atoms with Gasteiger partial charge in [-0.25, -0.2) is 0 Å². The van der Waals surface area contributed by atoms with Crippen molar-refractivity contribution in [2.45, 2.75) is 19.8 Å². The third kappa shape index (κ3) is 4.96. The second-order valence-electron chi connectivity index (χ2n) is 6.16. The predicted molar refractivity (Wildman–Crippen MR) is 106 cm³/mol. The van der Waals surface area contributed by atoms with Gasteiger partial charge >= 0.3 is 0 Å².